The van der Waals surface area contributed by atoms with Gasteiger partial charge in [-0.25, -0.2) is 0 Å². The second-order valence-corrected chi connectivity index (χ2v) is 6.45. The molecule has 0 unspecified atom stereocenters. The summed E-state index contributed by atoms with van der Waals surface area (Å²) in [6.45, 7) is -0.0820. The fourth-order valence-electron chi connectivity index (χ4n) is 2.35. The average Bonchev–Trinajstić information content (AvgIpc) is 2.55. The van der Waals surface area contributed by atoms with Crippen LogP contribution in [-0.2, 0) is 16.2 Å². The maximum atomic E-state index is 12.2. The van der Waals surface area contributed by atoms with E-state index in [0.717, 1.165) is 16.1 Å². The van der Waals surface area contributed by atoms with E-state index in [-0.39, 0.29) is 24.8 Å². The highest BCUT2D eigenvalue weighted by molar-refractivity contribution is 8.01. The summed E-state index contributed by atoms with van der Waals surface area (Å²) in [5.74, 6) is -0.389. The van der Waals surface area contributed by atoms with E-state index in [1.807, 2.05) is 24.3 Å². The fourth-order valence-corrected chi connectivity index (χ4v) is 3.47. The molecule has 0 aliphatic carbocycles. The van der Waals surface area contributed by atoms with Crippen LogP contribution in [0.5, 0.6) is 0 Å². The maximum absolute atomic E-state index is 12.2. The first-order chi connectivity index (χ1) is 11.2. The third-order valence-electron chi connectivity index (χ3n) is 3.47. The molecule has 0 aromatic heterocycles. The standard InChI is InChI=1S/C17H16N2O3S/c20-10-11-4-3-5-12(8-11)18-16(21)9-15-17(22)19-13-6-1-2-7-14(13)23-15/h1-8,15,20H,9-10H2,(H,18,21)(H,19,22)/t15-/m0/s1. The number of aliphatic hydroxyl groups excluding tert-OH is 1. The summed E-state index contributed by atoms with van der Waals surface area (Å²) in [7, 11) is 0. The van der Waals surface area contributed by atoms with Gasteiger partial charge in [0.2, 0.25) is 11.8 Å². The Balaban J connectivity index is 1.65. The van der Waals surface area contributed by atoms with Crippen molar-refractivity contribution in [2.75, 3.05) is 10.6 Å². The Morgan fingerprint density at radius 1 is 1.22 bits per heavy atom. The Bertz CT molecular complexity index is 748. The molecule has 0 saturated carbocycles. The van der Waals surface area contributed by atoms with Gasteiger partial charge in [-0.15, -0.1) is 11.8 Å². The molecule has 2 aromatic carbocycles. The van der Waals surface area contributed by atoms with Gasteiger partial charge in [-0.3, -0.25) is 9.59 Å². The molecular weight excluding hydrogens is 312 g/mol. The zero-order chi connectivity index (χ0) is 16.2. The monoisotopic (exact) mass is 328 g/mol. The second kappa shape index (κ2) is 6.85. The number of amides is 2. The van der Waals surface area contributed by atoms with Crippen molar-refractivity contribution in [3.05, 3.63) is 54.1 Å². The van der Waals surface area contributed by atoms with Crippen LogP contribution in [0.25, 0.3) is 0 Å². The van der Waals surface area contributed by atoms with Crippen LogP contribution in [0.4, 0.5) is 11.4 Å². The Morgan fingerprint density at radius 2 is 2.04 bits per heavy atom. The molecule has 2 aromatic rings. The van der Waals surface area contributed by atoms with Crippen molar-refractivity contribution >= 4 is 35.0 Å². The Hall–Kier alpha value is -2.31. The van der Waals surface area contributed by atoms with Gasteiger partial charge in [-0.2, -0.15) is 0 Å². The number of aliphatic hydroxyl groups is 1. The molecule has 3 N–H and O–H groups in total. The normalized spacial score (nSPS) is 16.4. The number of anilines is 2. The third-order valence-corrected chi connectivity index (χ3v) is 4.75. The minimum Gasteiger partial charge on any atom is -0.392 e. The van der Waals surface area contributed by atoms with Crippen molar-refractivity contribution in [1.29, 1.82) is 0 Å². The largest absolute Gasteiger partial charge is 0.392 e. The van der Waals surface area contributed by atoms with Crippen LogP contribution in [0, 0.1) is 0 Å². The van der Waals surface area contributed by atoms with Gasteiger partial charge in [-0.05, 0) is 29.8 Å². The fraction of sp³-hybridized carbons (Fsp3) is 0.176. The van der Waals surface area contributed by atoms with Gasteiger partial charge in [0.1, 0.15) is 0 Å². The summed E-state index contributed by atoms with van der Waals surface area (Å²) in [6.07, 6.45) is 0.0915. The van der Waals surface area contributed by atoms with E-state index in [1.54, 1.807) is 24.3 Å². The van der Waals surface area contributed by atoms with Crippen molar-refractivity contribution in [2.45, 2.75) is 23.2 Å². The predicted molar refractivity (Wildman–Crippen MR) is 90.3 cm³/mol. The molecule has 118 valence electrons. The van der Waals surface area contributed by atoms with Crippen molar-refractivity contribution in [3.8, 4) is 0 Å². The van der Waals surface area contributed by atoms with E-state index in [2.05, 4.69) is 10.6 Å². The van der Waals surface area contributed by atoms with Crippen LogP contribution in [0.15, 0.2) is 53.4 Å². The summed E-state index contributed by atoms with van der Waals surface area (Å²) in [4.78, 5) is 25.2. The average molecular weight is 328 g/mol. The van der Waals surface area contributed by atoms with Crippen molar-refractivity contribution in [3.63, 3.8) is 0 Å². The first kappa shape index (κ1) is 15.6. The van der Waals surface area contributed by atoms with Gasteiger partial charge < -0.3 is 15.7 Å². The molecule has 1 aliphatic heterocycles. The zero-order valence-corrected chi connectivity index (χ0v) is 13.1. The highest BCUT2D eigenvalue weighted by Crippen LogP contribution is 2.36. The van der Waals surface area contributed by atoms with Crippen LogP contribution in [0.2, 0.25) is 0 Å². The number of thioether (sulfide) groups is 1. The number of rotatable bonds is 4. The quantitative estimate of drug-likeness (QED) is 0.806. The molecule has 0 spiro atoms. The number of hydrogen-bond acceptors (Lipinski definition) is 4. The van der Waals surface area contributed by atoms with Gasteiger partial charge in [0.25, 0.3) is 0 Å². The Labute approximate surface area is 138 Å². The molecular formula is C17H16N2O3S. The van der Waals surface area contributed by atoms with Crippen LogP contribution in [0.1, 0.15) is 12.0 Å². The number of carbonyl (C=O) groups excluding carboxylic acids is 2. The number of carbonyl (C=O) groups is 2. The lowest BCUT2D eigenvalue weighted by molar-refractivity contribution is -0.120. The highest BCUT2D eigenvalue weighted by atomic mass is 32.2. The number of para-hydroxylation sites is 1. The first-order valence-electron chi connectivity index (χ1n) is 7.22. The summed E-state index contributed by atoms with van der Waals surface area (Å²) in [6, 6.07) is 14.5. The minimum atomic E-state index is -0.453. The molecule has 6 heteroatoms. The van der Waals surface area contributed by atoms with Gasteiger partial charge in [0, 0.05) is 17.0 Å². The number of fused-ring (bicyclic) bond motifs is 1. The molecule has 23 heavy (non-hydrogen) atoms. The van der Waals surface area contributed by atoms with Crippen LogP contribution < -0.4 is 10.6 Å². The predicted octanol–water partition coefficient (Wildman–Crippen LogP) is 2.62. The molecule has 1 atom stereocenters. The molecule has 0 bridgehead atoms. The highest BCUT2D eigenvalue weighted by Gasteiger charge is 2.28. The third kappa shape index (κ3) is 3.72. The minimum absolute atomic E-state index is 0.0820. The lowest BCUT2D eigenvalue weighted by atomic mass is 10.2. The lowest BCUT2D eigenvalue weighted by Gasteiger charge is -2.23. The van der Waals surface area contributed by atoms with Crippen molar-refractivity contribution in [1.82, 2.24) is 0 Å². The number of nitrogens with one attached hydrogen (secondary N) is 2. The molecule has 0 radical (unpaired) electrons. The number of hydrogen-bond donors (Lipinski definition) is 3. The molecule has 0 saturated heterocycles. The molecule has 0 fully saturated rings. The lowest BCUT2D eigenvalue weighted by Crippen LogP contribution is -2.32. The second-order valence-electron chi connectivity index (χ2n) is 5.20. The van der Waals surface area contributed by atoms with Crippen LogP contribution in [-0.4, -0.2) is 22.2 Å². The van der Waals surface area contributed by atoms with Crippen LogP contribution in [0.3, 0.4) is 0 Å². The summed E-state index contributed by atoms with van der Waals surface area (Å²) in [5.41, 5.74) is 2.12. The Kier molecular flexibility index (Phi) is 4.64. The summed E-state index contributed by atoms with van der Waals surface area (Å²) in [5, 5.41) is 14.3. The van der Waals surface area contributed by atoms with Crippen LogP contribution >= 0.6 is 11.8 Å². The topological polar surface area (TPSA) is 78.4 Å². The van der Waals surface area contributed by atoms with E-state index < -0.39 is 5.25 Å². The van der Waals surface area contributed by atoms with E-state index >= 15 is 0 Å². The molecule has 2 amide bonds. The number of benzene rings is 2. The van der Waals surface area contributed by atoms with E-state index in [1.165, 1.54) is 11.8 Å². The smallest absolute Gasteiger partial charge is 0.238 e. The molecule has 1 heterocycles. The molecule has 3 rings (SSSR count). The van der Waals surface area contributed by atoms with Gasteiger partial charge in [0.05, 0.1) is 17.5 Å². The molecule has 1 aliphatic rings. The summed E-state index contributed by atoms with van der Waals surface area (Å²) >= 11 is 1.40. The zero-order valence-electron chi connectivity index (χ0n) is 12.3. The van der Waals surface area contributed by atoms with E-state index in [9.17, 15) is 9.59 Å². The van der Waals surface area contributed by atoms with Gasteiger partial charge in [-0.1, -0.05) is 24.3 Å². The molecule has 5 nitrogen and oxygen atoms in total. The van der Waals surface area contributed by atoms with Crippen molar-refractivity contribution in [2.24, 2.45) is 0 Å². The first-order valence-corrected chi connectivity index (χ1v) is 8.10. The summed E-state index contributed by atoms with van der Waals surface area (Å²) < 4.78 is 0. The SMILES string of the molecule is O=C(C[C@@H]1Sc2ccccc2NC1=O)Nc1cccc(CO)c1. The van der Waals surface area contributed by atoms with Gasteiger partial charge >= 0.3 is 0 Å². The Morgan fingerprint density at radius 3 is 2.87 bits per heavy atom. The van der Waals surface area contributed by atoms with E-state index in [0.29, 0.717) is 5.69 Å². The van der Waals surface area contributed by atoms with E-state index in [4.69, 9.17) is 5.11 Å². The van der Waals surface area contributed by atoms with Gasteiger partial charge in [0.15, 0.2) is 0 Å². The van der Waals surface area contributed by atoms with Crippen molar-refractivity contribution < 1.29 is 14.7 Å². The maximum Gasteiger partial charge on any atom is 0.238 e.